The van der Waals surface area contributed by atoms with Gasteiger partial charge in [0.1, 0.15) is 11.3 Å². The number of hydrogen-bond acceptors (Lipinski definition) is 2. The summed E-state index contributed by atoms with van der Waals surface area (Å²) in [5.74, 6) is 1.59. The molecule has 0 spiro atoms. The molecular formula is C16H23Cl2N3. The Bertz CT molecular complexity index is 594. The van der Waals surface area contributed by atoms with Crippen molar-refractivity contribution in [1.29, 1.82) is 0 Å². The van der Waals surface area contributed by atoms with E-state index in [4.69, 9.17) is 23.2 Å². The van der Waals surface area contributed by atoms with Crippen LogP contribution in [0.1, 0.15) is 26.1 Å². The van der Waals surface area contributed by atoms with Crippen molar-refractivity contribution in [2.75, 3.05) is 19.5 Å². The van der Waals surface area contributed by atoms with E-state index in [1.807, 2.05) is 12.1 Å². The summed E-state index contributed by atoms with van der Waals surface area (Å²) >= 11 is 12.2. The number of hydrogen-bond donors (Lipinski definition) is 0. The van der Waals surface area contributed by atoms with E-state index in [-0.39, 0.29) is 0 Å². The second-order valence-corrected chi connectivity index (χ2v) is 6.25. The van der Waals surface area contributed by atoms with E-state index in [0.29, 0.717) is 16.9 Å². The minimum absolute atomic E-state index is 0.572. The molecule has 1 aromatic carbocycles. The first-order valence-electron chi connectivity index (χ1n) is 7.48. The maximum atomic E-state index is 6.26. The van der Waals surface area contributed by atoms with Gasteiger partial charge in [0, 0.05) is 31.4 Å². The van der Waals surface area contributed by atoms with Crippen LogP contribution in [0.5, 0.6) is 0 Å². The molecule has 1 atom stereocenters. The van der Waals surface area contributed by atoms with Crippen LogP contribution in [-0.2, 0) is 13.0 Å². The molecule has 0 aliphatic rings. The van der Waals surface area contributed by atoms with Crippen LogP contribution in [0.15, 0.2) is 18.2 Å². The van der Waals surface area contributed by atoms with E-state index in [9.17, 15) is 0 Å². The first kappa shape index (κ1) is 16.6. The summed E-state index contributed by atoms with van der Waals surface area (Å²) in [6.45, 7) is 6.36. The van der Waals surface area contributed by atoms with Gasteiger partial charge in [-0.15, -0.1) is 11.6 Å². The first-order valence-corrected chi connectivity index (χ1v) is 8.39. The number of fused-ring (bicyclic) bond motifs is 1. The lowest BCUT2D eigenvalue weighted by Gasteiger charge is -2.24. The zero-order valence-electron chi connectivity index (χ0n) is 12.9. The summed E-state index contributed by atoms with van der Waals surface area (Å²) in [7, 11) is 2.17. The lowest BCUT2D eigenvalue weighted by atomic mass is 10.2. The molecule has 0 saturated carbocycles. The Kier molecular flexibility index (Phi) is 5.91. The van der Waals surface area contributed by atoms with E-state index in [1.165, 1.54) is 0 Å². The lowest BCUT2D eigenvalue weighted by Crippen LogP contribution is -2.31. The summed E-state index contributed by atoms with van der Waals surface area (Å²) in [6.07, 6.45) is 1.92. The minimum atomic E-state index is 0.572. The number of nitrogens with zero attached hydrogens (tertiary/aromatic N) is 3. The summed E-state index contributed by atoms with van der Waals surface area (Å²) in [5, 5.41) is 0.706. The Morgan fingerprint density at radius 3 is 2.81 bits per heavy atom. The predicted molar refractivity (Wildman–Crippen MR) is 91.6 cm³/mol. The molecule has 2 rings (SSSR count). The third-order valence-corrected chi connectivity index (χ3v) is 4.64. The van der Waals surface area contributed by atoms with Crippen LogP contribution in [0.4, 0.5) is 0 Å². The van der Waals surface area contributed by atoms with E-state index in [2.05, 4.69) is 41.4 Å². The lowest BCUT2D eigenvalue weighted by molar-refractivity contribution is 0.242. The normalized spacial score (nSPS) is 13.2. The summed E-state index contributed by atoms with van der Waals surface area (Å²) in [6, 6.07) is 6.53. The fourth-order valence-electron chi connectivity index (χ4n) is 2.48. The van der Waals surface area contributed by atoms with E-state index in [0.717, 1.165) is 42.8 Å². The van der Waals surface area contributed by atoms with Crippen LogP contribution >= 0.6 is 23.2 Å². The number of rotatable bonds is 7. The van der Waals surface area contributed by atoms with Crippen molar-refractivity contribution in [3.63, 3.8) is 0 Å². The van der Waals surface area contributed by atoms with Gasteiger partial charge in [-0.05, 0) is 32.5 Å². The maximum Gasteiger partial charge on any atom is 0.111 e. The Morgan fingerprint density at radius 2 is 2.14 bits per heavy atom. The number of likely N-dealkylation sites (N-methyl/N-ethyl adjacent to an activating group) is 1. The van der Waals surface area contributed by atoms with Gasteiger partial charge in [-0.25, -0.2) is 4.98 Å². The van der Waals surface area contributed by atoms with Gasteiger partial charge < -0.3 is 9.47 Å². The van der Waals surface area contributed by atoms with Crippen molar-refractivity contribution in [2.45, 2.75) is 39.3 Å². The highest BCUT2D eigenvalue weighted by molar-refractivity contribution is 6.34. The van der Waals surface area contributed by atoms with Crippen LogP contribution in [0.3, 0.4) is 0 Å². The largest absolute Gasteiger partial charge is 0.327 e. The minimum Gasteiger partial charge on any atom is -0.327 e. The van der Waals surface area contributed by atoms with Crippen molar-refractivity contribution in [2.24, 2.45) is 0 Å². The molecule has 0 fully saturated rings. The predicted octanol–water partition coefficient (Wildman–Crippen LogP) is 4.20. The van der Waals surface area contributed by atoms with Crippen molar-refractivity contribution in [3.05, 3.63) is 29.0 Å². The second-order valence-electron chi connectivity index (χ2n) is 5.46. The van der Waals surface area contributed by atoms with Gasteiger partial charge in [-0.1, -0.05) is 24.6 Å². The molecular weight excluding hydrogens is 305 g/mol. The van der Waals surface area contributed by atoms with Gasteiger partial charge >= 0.3 is 0 Å². The van der Waals surface area contributed by atoms with Crippen LogP contribution in [0, 0.1) is 0 Å². The van der Waals surface area contributed by atoms with Crippen molar-refractivity contribution < 1.29 is 0 Å². The van der Waals surface area contributed by atoms with Crippen molar-refractivity contribution in [3.8, 4) is 0 Å². The average molecular weight is 328 g/mol. The van der Waals surface area contributed by atoms with Crippen LogP contribution in [0.25, 0.3) is 11.0 Å². The smallest absolute Gasteiger partial charge is 0.111 e. The molecule has 1 aromatic heterocycles. The number of halogens is 2. The molecule has 0 amide bonds. The fraction of sp³-hybridized carbons (Fsp3) is 0.562. The third kappa shape index (κ3) is 3.71. The molecule has 3 nitrogen and oxygen atoms in total. The highest BCUT2D eigenvalue weighted by atomic mass is 35.5. The molecule has 0 N–H and O–H groups in total. The van der Waals surface area contributed by atoms with Crippen LogP contribution in [0.2, 0.25) is 5.02 Å². The number of benzene rings is 1. The number of alkyl halides is 1. The first-order chi connectivity index (χ1) is 10.1. The SMILES string of the molecule is CCC(C)N(C)CCn1c(CCCl)nc2c(Cl)cccc21. The standard InChI is InChI=1S/C16H23Cl2N3/c1-4-12(2)20(3)10-11-21-14-7-5-6-13(18)16(14)19-15(21)8-9-17/h5-7,12H,4,8-11H2,1-3H3. The fourth-order valence-corrected chi connectivity index (χ4v) is 2.86. The van der Waals surface area contributed by atoms with Gasteiger partial charge in [0.15, 0.2) is 0 Å². The average Bonchev–Trinajstić information content (AvgIpc) is 2.83. The van der Waals surface area contributed by atoms with Gasteiger partial charge in [-0.3, -0.25) is 0 Å². The highest BCUT2D eigenvalue weighted by Crippen LogP contribution is 2.24. The Balaban J connectivity index is 2.28. The number of aryl methyl sites for hydroxylation is 1. The zero-order chi connectivity index (χ0) is 15.4. The summed E-state index contributed by atoms with van der Waals surface area (Å²) in [5.41, 5.74) is 1.98. The molecule has 21 heavy (non-hydrogen) atoms. The molecule has 116 valence electrons. The Morgan fingerprint density at radius 1 is 1.38 bits per heavy atom. The highest BCUT2D eigenvalue weighted by Gasteiger charge is 2.14. The molecule has 0 aliphatic carbocycles. The molecule has 0 bridgehead atoms. The van der Waals surface area contributed by atoms with Gasteiger partial charge in [0.25, 0.3) is 0 Å². The van der Waals surface area contributed by atoms with Crippen molar-refractivity contribution >= 4 is 34.2 Å². The topological polar surface area (TPSA) is 21.1 Å². The molecule has 1 heterocycles. The van der Waals surface area contributed by atoms with E-state index < -0.39 is 0 Å². The Hall–Kier alpha value is -0.770. The molecule has 0 saturated heterocycles. The molecule has 2 aromatic rings. The zero-order valence-corrected chi connectivity index (χ0v) is 14.5. The molecule has 1 unspecified atom stereocenters. The monoisotopic (exact) mass is 327 g/mol. The number of aromatic nitrogens is 2. The number of imidazole rings is 1. The van der Waals surface area contributed by atoms with Gasteiger partial charge in [-0.2, -0.15) is 0 Å². The molecule has 5 heteroatoms. The third-order valence-electron chi connectivity index (χ3n) is 4.15. The quantitative estimate of drug-likeness (QED) is 0.710. The van der Waals surface area contributed by atoms with Gasteiger partial charge in [0.2, 0.25) is 0 Å². The van der Waals surface area contributed by atoms with Crippen molar-refractivity contribution in [1.82, 2.24) is 14.5 Å². The van der Waals surface area contributed by atoms with Crippen LogP contribution in [-0.4, -0.2) is 40.0 Å². The van der Waals surface area contributed by atoms with E-state index >= 15 is 0 Å². The summed E-state index contributed by atoms with van der Waals surface area (Å²) < 4.78 is 2.25. The molecule has 0 aliphatic heterocycles. The summed E-state index contributed by atoms with van der Waals surface area (Å²) in [4.78, 5) is 7.05. The van der Waals surface area contributed by atoms with Gasteiger partial charge in [0.05, 0.1) is 10.5 Å². The molecule has 0 radical (unpaired) electrons. The second kappa shape index (κ2) is 7.48. The number of para-hydroxylation sites is 1. The van der Waals surface area contributed by atoms with E-state index in [1.54, 1.807) is 0 Å². The maximum absolute atomic E-state index is 6.26. The Labute approximate surface area is 136 Å². The van der Waals surface area contributed by atoms with Crippen LogP contribution < -0.4 is 0 Å².